The standard InChI is InChI=1S/C17H14N2O5S.Na/c18-12-3-1-2-11(6-12)17(21)19-13-5-4-10-7-14(25(22,23)24)9-16(20)15(10)8-13;/h1-9,20H,18H2,(H,19,21)(H,22,23,24);/q;+1/p-1. The summed E-state index contributed by atoms with van der Waals surface area (Å²) in [6.07, 6.45) is 0. The van der Waals surface area contributed by atoms with Crippen LogP contribution >= 0.6 is 0 Å². The number of benzene rings is 3. The molecule has 0 radical (unpaired) electrons. The summed E-state index contributed by atoms with van der Waals surface area (Å²) >= 11 is 0. The summed E-state index contributed by atoms with van der Waals surface area (Å²) in [7, 11) is -4.68. The first kappa shape index (κ1) is 20.2. The molecule has 3 rings (SSSR count). The SMILES string of the molecule is Nc1cccc(C(=O)Nc2ccc3cc(S(=O)(=O)[O-])cc(O)c3c2)c1.[Na+]. The number of rotatable bonds is 3. The number of hydrogen-bond acceptors (Lipinski definition) is 6. The van der Waals surface area contributed by atoms with Crippen LogP contribution in [0.15, 0.2) is 59.5 Å². The number of nitrogens with two attached hydrogens (primary N) is 1. The number of aromatic hydroxyl groups is 1. The van der Waals surface area contributed by atoms with E-state index in [1.165, 1.54) is 30.3 Å². The van der Waals surface area contributed by atoms with Crippen molar-refractivity contribution >= 4 is 38.2 Å². The van der Waals surface area contributed by atoms with Gasteiger partial charge < -0.3 is 20.7 Å². The van der Waals surface area contributed by atoms with E-state index >= 15 is 0 Å². The van der Waals surface area contributed by atoms with Crippen molar-refractivity contribution in [3.05, 3.63) is 60.2 Å². The van der Waals surface area contributed by atoms with Gasteiger partial charge in [0.15, 0.2) is 0 Å². The number of carbonyl (C=O) groups is 1. The molecular formula is C17H13N2NaO5S. The Morgan fingerprint density at radius 3 is 2.46 bits per heavy atom. The van der Waals surface area contributed by atoms with E-state index in [-0.39, 0.29) is 41.2 Å². The Kier molecular flexibility index (Phi) is 5.94. The molecule has 0 saturated heterocycles. The predicted molar refractivity (Wildman–Crippen MR) is 92.4 cm³/mol. The molecule has 0 aliphatic heterocycles. The van der Waals surface area contributed by atoms with Gasteiger partial charge in [0.05, 0.1) is 4.90 Å². The zero-order valence-electron chi connectivity index (χ0n) is 13.8. The Labute approximate surface area is 171 Å². The van der Waals surface area contributed by atoms with E-state index in [9.17, 15) is 22.9 Å². The zero-order valence-corrected chi connectivity index (χ0v) is 16.6. The number of phenolic OH excluding ortho intramolecular Hbond substituents is 1. The molecule has 0 saturated carbocycles. The second-order valence-corrected chi connectivity index (χ2v) is 6.79. The number of phenols is 1. The van der Waals surface area contributed by atoms with Crippen molar-refractivity contribution in [2.24, 2.45) is 0 Å². The Morgan fingerprint density at radius 1 is 1.08 bits per heavy atom. The number of nitrogen functional groups attached to an aromatic ring is 1. The van der Waals surface area contributed by atoms with Gasteiger partial charge in [-0.3, -0.25) is 4.79 Å². The fraction of sp³-hybridized carbons (Fsp3) is 0. The summed E-state index contributed by atoms with van der Waals surface area (Å²) < 4.78 is 33.3. The minimum Gasteiger partial charge on any atom is -0.744 e. The van der Waals surface area contributed by atoms with Crippen LogP contribution in [0, 0.1) is 0 Å². The van der Waals surface area contributed by atoms with Gasteiger partial charge in [0.25, 0.3) is 5.91 Å². The maximum Gasteiger partial charge on any atom is 1.00 e. The van der Waals surface area contributed by atoms with Crippen LogP contribution in [0.25, 0.3) is 10.8 Å². The van der Waals surface area contributed by atoms with E-state index in [0.717, 1.165) is 6.07 Å². The summed E-state index contributed by atoms with van der Waals surface area (Å²) in [6.45, 7) is 0. The van der Waals surface area contributed by atoms with Gasteiger partial charge in [-0.25, -0.2) is 8.42 Å². The van der Waals surface area contributed by atoms with Crippen LogP contribution in [0.4, 0.5) is 11.4 Å². The molecule has 7 nitrogen and oxygen atoms in total. The predicted octanol–water partition coefficient (Wildman–Crippen LogP) is -0.712. The summed E-state index contributed by atoms with van der Waals surface area (Å²) in [4.78, 5) is 11.7. The Balaban J connectivity index is 0.00000243. The Hall–Kier alpha value is -2.10. The first-order valence-electron chi connectivity index (χ1n) is 7.13. The van der Waals surface area contributed by atoms with Crippen LogP contribution in [0.1, 0.15) is 10.4 Å². The van der Waals surface area contributed by atoms with Gasteiger partial charge in [-0.15, -0.1) is 0 Å². The van der Waals surface area contributed by atoms with Crippen LogP contribution in [-0.4, -0.2) is 24.0 Å². The maximum atomic E-state index is 12.2. The molecule has 0 heterocycles. The molecule has 0 aromatic heterocycles. The van der Waals surface area contributed by atoms with Gasteiger partial charge in [-0.05, 0) is 47.9 Å². The molecule has 26 heavy (non-hydrogen) atoms. The molecule has 4 N–H and O–H groups in total. The molecule has 9 heteroatoms. The summed E-state index contributed by atoms with van der Waals surface area (Å²) in [5.74, 6) is -0.753. The van der Waals surface area contributed by atoms with Gasteiger partial charge in [0.2, 0.25) is 0 Å². The third-order valence-electron chi connectivity index (χ3n) is 3.60. The normalized spacial score (nSPS) is 11.0. The third-order valence-corrected chi connectivity index (χ3v) is 4.41. The van der Waals surface area contributed by atoms with E-state index in [2.05, 4.69) is 5.32 Å². The first-order valence-corrected chi connectivity index (χ1v) is 8.54. The molecule has 0 fully saturated rings. The minimum atomic E-state index is -4.68. The topological polar surface area (TPSA) is 133 Å². The molecule has 3 aromatic rings. The number of carbonyl (C=O) groups excluding carboxylic acids is 1. The van der Waals surface area contributed by atoms with Crippen LogP contribution < -0.4 is 40.6 Å². The van der Waals surface area contributed by atoms with E-state index in [0.29, 0.717) is 27.7 Å². The zero-order chi connectivity index (χ0) is 18.2. The van der Waals surface area contributed by atoms with Crippen molar-refractivity contribution in [2.75, 3.05) is 11.1 Å². The van der Waals surface area contributed by atoms with Gasteiger partial charge in [-0.2, -0.15) is 0 Å². The molecule has 0 unspecified atom stereocenters. The molecule has 0 spiro atoms. The molecule has 1 amide bonds. The molecule has 0 bridgehead atoms. The number of anilines is 2. The van der Waals surface area contributed by atoms with Crippen molar-refractivity contribution in [1.29, 1.82) is 0 Å². The van der Waals surface area contributed by atoms with Gasteiger partial charge in [-0.1, -0.05) is 12.1 Å². The third kappa shape index (κ3) is 4.35. The van der Waals surface area contributed by atoms with Gasteiger partial charge in [0, 0.05) is 22.3 Å². The molecule has 0 aliphatic carbocycles. The second kappa shape index (κ2) is 7.65. The molecule has 0 atom stereocenters. The fourth-order valence-corrected chi connectivity index (χ4v) is 2.94. The van der Waals surface area contributed by atoms with Crippen LogP contribution in [0.2, 0.25) is 0 Å². The van der Waals surface area contributed by atoms with Gasteiger partial charge >= 0.3 is 29.6 Å². The van der Waals surface area contributed by atoms with Crippen LogP contribution in [-0.2, 0) is 10.1 Å². The van der Waals surface area contributed by atoms with Crippen LogP contribution in [0.3, 0.4) is 0 Å². The van der Waals surface area contributed by atoms with Crippen molar-refractivity contribution in [2.45, 2.75) is 4.90 Å². The van der Waals surface area contributed by atoms with E-state index in [1.54, 1.807) is 18.2 Å². The Bertz CT molecular complexity index is 1100. The average Bonchev–Trinajstić information content (AvgIpc) is 2.54. The molecule has 0 aliphatic rings. The Morgan fingerprint density at radius 2 is 1.81 bits per heavy atom. The molecule has 128 valence electrons. The van der Waals surface area contributed by atoms with Crippen LogP contribution in [0.5, 0.6) is 5.75 Å². The maximum absolute atomic E-state index is 12.2. The first-order chi connectivity index (χ1) is 11.7. The molecular weight excluding hydrogens is 367 g/mol. The summed E-state index contributed by atoms with van der Waals surface area (Å²) in [5, 5.41) is 13.3. The molecule has 3 aromatic carbocycles. The summed E-state index contributed by atoms with van der Waals surface area (Å²) in [5.41, 5.74) is 6.87. The average molecular weight is 380 g/mol. The van der Waals surface area contributed by atoms with Crippen molar-refractivity contribution in [3.63, 3.8) is 0 Å². The number of nitrogens with one attached hydrogen (secondary N) is 1. The summed E-state index contributed by atoms with van der Waals surface area (Å²) in [6, 6.07) is 13.0. The van der Waals surface area contributed by atoms with Gasteiger partial charge in [0.1, 0.15) is 15.9 Å². The second-order valence-electron chi connectivity index (χ2n) is 5.41. The van der Waals surface area contributed by atoms with E-state index in [4.69, 9.17) is 5.73 Å². The van der Waals surface area contributed by atoms with Crippen molar-refractivity contribution in [3.8, 4) is 5.75 Å². The number of fused-ring (bicyclic) bond motifs is 1. The number of amides is 1. The van der Waals surface area contributed by atoms with E-state index < -0.39 is 15.0 Å². The quantitative estimate of drug-likeness (QED) is 0.312. The monoisotopic (exact) mass is 380 g/mol. The smallest absolute Gasteiger partial charge is 0.744 e. The van der Waals surface area contributed by atoms with Crippen molar-refractivity contribution in [1.82, 2.24) is 0 Å². The fourth-order valence-electron chi connectivity index (χ4n) is 2.42. The van der Waals surface area contributed by atoms with E-state index in [1.807, 2.05) is 0 Å². The number of hydrogen-bond donors (Lipinski definition) is 3. The minimum absolute atomic E-state index is 0. The van der Waals surface area contributed by atoms with Crippen molar-refractivity contribution < 1.29 is 52.4 Å². The largest absolute Gasteiger partial charge is 1.00 e.